The number of rotatable bonds is 3. The molecule has 1 aliphatic heterocycles. The van der Waals surface area contributed by atoms with Gasteiger partial charge < -0.3 is 4.74 Å². The zero-order chi connectivity index (χ0) is 15.0. The number of imide groups is 1. The molecule has 8 nitrogen and oxygen atoms in total. The summed E-state index contributed by atoms with van der Waals surface area (Å²) in [5.74, 6) is -2.41. The van der Waals surface area contributed by atoms with Crippen molar-refractivity contribution in [3.8, 4) is 0 Å². The largest absolute Gasteiger partial charge is 0.468 e. The zero-order valence-corrected chi connectivity index (χ0v) is 11.9. The van der Waals surface area contributed by atoms with E-state index in [0.717, 1.165) is 18.3 Å². The minimum absolute atomic E-state index is 0.512. The first-order valence-corrected chi connectivity index (χ1v) is 6.99. The molecule has 0 aromatic carbocycles. The van der Waals surface area contributed by atoms with E-state index in [1.54, 1.807) is 0 Å². The molecule has 0 bridgehead atoms. The highest BCUT2D eigenvalue weighted by molar-refractivity contribution is 7.90. The maximum atomic E-state index is 12.3. The number of hydrogen-bond acceptors (Lipinski definition) is 6. The van der Waals surface area contributed by atoms with E-state index in [1.165, 1.54) is 13.8 Å². The normalized spacial score (nSPS) is 21.7. The number of amides is 2. The van der Waals surface area contributed by atoms with Gasteiger partial charge in [0, 0.05) is 0 Å². The number of nitrogens with zero attached hydrogens (tertiary/aromatic N) is 1. The fraction of sp³-hybridized carbons (Fsp3) is 0.700. The van der Waals surface area contributed by atoms with Crippen molar-refractivity contribution in [1.82, 2.24) is 9.62 Å². The number of ether oxygens (including phenoxy) is 1. The molecule has 0 spiro atoms. The predicted molar refractivity (Wildman–Crippen MR) is 64.3 cm³/mol. The minimum atomic E-state index is -4.17. The van der Waals surface area contributed by atoms with Crippen molar-refractivity contribution in [2.75, 3.05) is 13.7 Å². The SMILES string of the molecule is COC(=O)C(C)S(=O)(=O)N1CC(=O)NC(=O)C1(C)C. The van der Waals surface area contributed by atoms with E-state index < -0.39 is 45.1 Å². The lowest BCUT2D eigenvalue weighted by molar-refractivity contribution is -0.143. The number of nitrogens with one attached hydrogen (secondary N) is 1. The highest BCUT2D eigenvalue weighted by Gasteiger charge is 2.50. The summed E-state index contributed by atoms with van der Waals surface area (Å²) in [4.78, 5) is 34.4. The van der Waals surface area contributed by atoms with Crippen LogP contribution in [0.1, 0.15) is 20.8 Å². The second-order valence-electron chi connectivity index (χ2n) is 4.65. The summed E-state index contributed by atoms with van der Waals surface area (Å²) in [6.07, 6.45) is 0. The van der Waals surface area contributed by atoms with E-state index in [4.69, 9.17) is 0 Å². The van der Waals surface area contributed by atoms with Crippen molar-refractivity contribution in [2.24, 2.45) is 0 Å². The first kappa shape index (κ1) is 15.6. The number of carbonyl (C=O) groups excluding carboxylic acids is 3. The lowest BCUT2D eigenvalue weighted by atomic mass is 10.0. The van der Waals surface area contributed by atoms with Crippen LogP contribution in [0.2, 0.25) is 0 Å². The summed E-state index contributed by atoms with van der Waals surface area (Å²) >= 11 is 0. The van der Waals surface area contributed by atoms with Crippen LogP contribution < -0.4 is 5.32 Å². The van der Waals surface area contributed by atoms with Gasteiger partial charge >= 0.3 is 5.97 Å². The Hall–Kier alpha value is -1.48. The molecule has 9 heteroatoms. The highest BCUT2D eigenvalue weighted by Crippen LogP contribution is 2.24. The Kier molecular flexibility index (Phi) is 4.01. The Morgan fingerprint density at radius 1 is 1.42 bits per heavy atom. The third-order valence-corrected chi connectivity index (χ3v) is 5.29. The topological polar surface area (TPSA) is 110 Å². The van der Waals surface area contributed by atoms with Crippen molar-refractivity contribution >= 4 is 27.8 Å². The Labute approximate surface area is 111 Å². The van der Waals surface area contributed by atoms with Crippen molar-refractivity contribution in [2.45, 2.75) is 31.6 Å². The summed E-state index contributed by atoms with van der Waals surface area (Å²) in [6.45, 7) is 3.35. The summed E-state index contributed by atoms with van der Waals surface area (Å²) in [6, 6.07) is 0. The van der Waals surface area contributed by atoms with Crippen LogP contribution in [0.3, 0.4) is 0 Å². The van der Waals surface area contributed by atoms with Gasteiger partial charge in [-0.1, -0.05) is 0 Å². The van der Waals surface area contributed by atoms with Gasteiger partial charge in [-0.15, -0.1) is 0 Å². The molecular weight excluding hydrogens is 276 g/mol. The zero-order valence-electron chi connectivity index (χ0n) is 11.1. The van der Waals surface area contributed by atoms with Crippen molar-refractivity contribution in [3.63, 3.8) is 0 Å². The Balaban J connectivity index is 3.22. The first-order valence-electron chi connectivity index (χ1n) is 5.49. The monoisotopic (exact) mass is 292 g/mol. The van der Waals surface area contributed by atoms with E-state index in [9.17, 15) is 22.8 Å². The van der Waals surface area contributed by atoms with Gasteiger partial charge in [-0.25, -0.2) is 8.42 Å². The lowest BCUT2D eigenvalue weighted by Crippen LogP contribution is -2.66. The Morgan fingerprint density at radius 2 is 1.95 bits per heavy atom. The second-order valence-corrected chi connectivity index (χ2v) is 6.83. The molecule has 19 heavy (non-hydrogen) atoms. The molecule has 1 unspecified atom stereocenters. The summed E-state index contributed by atoms with van der Waals surface area (Å²) in [5, 5.41) is 0.563. The van der Waals surface area contributed by atoms with Gasteiger partial charge in [0.2, 0.25) is 21.8 Å². The fourth-order valence-electron chi connectivity index (χ4n) is 1.65. The highest BCUT2D eigenvalue weighted by atomic mass is 32.2. The second kappa shape index (κ2) is 4.89. The molecule has 0 aromatic heterocycles. The number of piperazine rings is 1. The molecule has 1 heterocycles. The van der Waals surface area contributed by atoms with Gasteiger partial charge in [0.15, 0.2) is 5.25 Å². The molecular formula is C10H16N2O6S. The van der Waals surface area contributed by atoms with Crippen LogP contribution >= 0.6 is 0 Å². The summed E-state index contributed by atoms with van der Waals surface area (Å²) in [7, 11) is -3.11. The first-order chi connectivity index (χ1) is 8.55. The molecule has 1 fully saturated rings. The van der Waals surface area contributed by atoms with E-state index in [0.29, 0.717) is 0 Å². The smallest absolute Gasteiger partial charge is 0.325 e. The number of sulfonamides is 1. The van der Waals surface area contributed by atoms with E-state index in [-0.39, 0.29) is 0 Å². The number of hydrogen-bond donors (Lipinski definition) is 1. The molecule has 108 valence electrons. The summed E-state index contributed by atoms with van der Waals surface area (Å²) in [5.41, 5.74) is -1.45. The molecule has 0 saturated carbocycles. The number of esters is 1. The van der Waals surface area contributed by atoms with Crippen LogP contribution in [0.4, 0.5) is 0 Å². The van der Waals surface area contributed by atoms with Crippen LogP contribution in [-0.2, 0) is 29.1 Å². The quantitative estimate of drug-likeness (QED) is 0.507. The number of carbonyl (C=O) groups is 3. The third kappa shape index (κ3) is 2.61. The molecule has 2 amide bonds. The van der Waals surface area contributed by atoms with Crippen LogP contribution in [0.25, 0.3) is 0 Å². The van der Waals surface area contributed by atoms with Gasteiger partial charge in [0.1, 0.15) is 5.54 Å². The van der Waals surface area contributed by atoms with Gasteiger partial charge in [0.05, 0.1) is 13.7 Å². The van der Waals surface area contributed by atoms with Crippen molar-refractivity contribution in [1.29, 1.82) is 0 Å². The molecule has 1 atom stereocenters. The average Bonchev–Trinajstić information content (AvgIpc) is 2.31. The standard InChI is InChI=1S/C10H16N2O6S/c1-6(8(14)18-4)19(16,17)12-5-7(13)11-9(15)10(12,2)3/h6H,5H2,1-4H3,(H,11,13,15). The number of methoxy groups -OCH3 is 1. The third-order valence-electron chi connectivity index (χ3n) is 3.01. The van der Waals surface area contributed by atoms with E-state index in [2.05, 4.69) is 10.1 Å². The fourth-order valence-corrected chi connectivity index (χ4v) is 3.38. The Morgan fingerprint density at radius 3 is 2.42 bits per heavy atom. The minimum Gasteiger partial charge on any atom is -0.468 e. The molecule has 0 aliphatic carbocycles. The van der Waals surface area contributed by atoms with Gasteiger partial charge in [-0.3, -0.25) is 19.7 Å². The molecule has 0 radical (unpaired) electrons. The van der Waals surface area contributed by atoms with Crippen LogP contribution in [-0.4, -0.2) is 55.0 Å². The van der Waals surface area contributed by atoms with Crippen LogP contribution in [0.5, 0.6) is 0 Å². The van der Waals surface area contributed by atoms with Crippen molar-refractivity contribution < 1.29 is 27.5 Å². The molecule has 1 N–H and O–H groups in total. The van der Waals surface area contributed by atoms with E-state index in [1.807, 2.05) is 0 Å². The average molecular weight is 292 g/mol. The van der Waals surface area contributed by atoms with Crippen LogP contribution in [0.15, 0.2) is 0 Å². The molecule has 1 saturated heterocycles. The van der Waals surface area contributed by atoms with Gasteiger partial charge in [-0.05, 0) is 20.8 Å². The van der Waals surface area contributed by atoms with Gasteiger partial charge in [0.25, 0.3) is 0 Å². The predicted octanol–water partition coefficient (Wildman–Crippen LogP) is -1.39. The van der Waals surface area contributed by atoms with Gasteiger partial charge in [-0.2, -0.15) is 4.31 Å². The van der Waals surface area contributed by atoms with Crippen molar-refractivity contribution in [3.05, 3.63) is 0 Å². The summed E-state index contributed by atoms with van der Waals surface area (Å²) < 4.78 is 29.7. The molecule has 0 aromatic rings. The van der Waals surface area contributed by atoms with E-state index >= 15 is 0 Å². The lowest BCUT2D eigenvalue weighted by Gasteiger charge is -2.39. The maximum absolute atomic E-state index is 12.3. The van der Waals surface area contributed by atoms with Crippen LogP contribution in [0, 0.1) is 0 Å². The Bertz CT molecular complexity index is 524. The molecule has 1 aliphatic rings. The maximum Gasteiger partial charge on any atom is 0.325 e. The molecule has 1 rings (SSSR count).